The van der Waals surface area contributed by atoms with Crippen LogP contribution in [-0.2, 0) is 0 Å². The van der Waals surface area contributed by atoms with Gasteiger partial charge in [-0.2, -0.15) is 14.9 Å². The smallest absolute Gasteiger partial charge is 0.216 e. The molecule has 0 saturated carbocycles. The normalized spacial score (nSPS) is 11.3. The van der Waals surface area contributed by atoms with Crippen LogP contribution in [-0.4, -0.2) is 21.1 Å². The van der Waals surface area contributed by atoms with Gasteiger partial charge in [0.15, 0.2) is 5.82 Å². The van der Waals surface area contributed by atoms with Crippen molar-refractivity contribution in [3.8, 4) is 11.4 Å². The van der Waals surface area contributed by atoms with Gasteiger partial charge in [0.2, 0.25) is 4.77 Å². The summed E-state index contributed by atoms with van der Waals surface area (Å²) in [6.07, 6.45) is 1.31. The highest BCUT2D eigenvalue weighted by molar-refractivity contribution is 7.71. The molecule has 1 N–H and O–H groups in total. The van der Waals surface area contributed by atoms with E-state index in [0.717, 1.165) is 5.56 Å². The molecule has 0 fully saturated rings. The van der Waals surface area contributed by atoms with Gasteiger partial charge in [0.1, 0.15) is 5.82 Å². The third-order valence-electron chi connectivity index (χ3n) is 3.05. The van der Waals surface area contributed by atoms with Gasteiger partial charge in [0.25, 0.3) is 0 Å². The number of nitrogens with one attached hydrogen (secondary N) is 1. The van der Waals surface area contributed by atoms with Gasteiger partial charge in [0, 0.05) is 16.1 Å². The Balaban J connectivity index is 2.04. The molecule has 0 amide bonds. The van der Waals surface area contributed by atoms with Crippen LogP contribution in [0.4, 0.5) is 4.39 Å². The molecule has 3 aromatic rings. The fourth-order valence-corrected chi connectivity index (χ4v) is 2.45. The van der Waals surface area contributed by atoms with Gasteiger partial charge >= 0.3 is 0 Å². The van der Waals surface area contributed by atoms with Crippen LogP contribution >= 0.6 is 35.4 Å². The van der Waals surface area contributed by atoms with E-state index >= 15 is 0 Å². The predicted octanol–water partition coefficient (Wildman–Crippen LogP) is 4.94. The van der Waals surface area contributed by atoms with E-state index in [-0.39, 0.29) is 15.4 Å². The van der Waals surface area contributed by atoms with Crippen molar-refractivity contribution in [2.45, 2.75) is 0 Å². The summed E-state index contributed by atoms with van der Waals surface area (Å²) >= 11 is 17.0. The van der Waals surface area contributed by atoms with Crippen molar-refractivity contribution in [2.24, 2.45) is 5.10 Å². The van der Waals surface area contributed by atoms with Crippen molar-refractivity contribution in [1.29, 1.82) is 0 Å². The SMILES string of the molecule is Fc1cccc(Cl)c1C=Nn1c(-c2ccc(Cl)cc2)n[nH]c1=S. The Morgan fingerprint density at radius 3 is 2.61 bits per heavy atom. The second-order valence-corrected chi connectivity index (χ2v) is 5.78. The zero-order chi connectivity index (χ0) is 16.4. The van der Waals surface area contributed by atoms with Crippen LogP contribution in [0.2, 0.25) is 10.0 Å². The topological polar surface area (TPSA) is 46.0 Å². The van der Waals surface area contributed by atoms with Crippen LogP contribution in [0.1, 0.15) is 5.56 Å². The summed E-state index contributed by atoms with van der Waals surface area (Å²) in [5.74, 6) is 0.0136. The Hall–Kier alpha value is -2.02. The molecule has 0 spiro atoms. The number of H-pyrrole nitrogens is 1. The second kappa shape index (κ2) is 6.62. The second-order valence-electron chi connectivity index (χ2n) is 4.55. The van der Waals surface area contributed by atoms with Crippen LogP contribution in [0.5, 0.6) is 0 Å². The minimum atomic E-state index is -0.468. The summed E-state index contributed by atoms with van der Waals surface area (Å²) in [5, 5.41) is 11.9. The lowest BCUT2D eigenvalue weighted by atomic mass is 10.2. The summed E-state index contributed by atoms with van der Waals surface area (Å²) in [4.78, 5) is 0. The average Bonchev–Trinajstić information content (AvgIpc) is 2.89. The molecule has 3 rings (SSSR count). The molecule has 1 aromatic heterocycles. The maximum Gasteiger partial charge on any atom is 0.216 e. The zero-order valence-electron chi connectivity index (χ0n) is 11.5. The van der Waals surface area contributed by atoms with Crippen LogP contribution in [0.15, 0.2) is 47.6 Å². The Labute approximate surface area is 146 Å². The van der Waals surface area contributed by atoms with Gasteiger partial charge in [-0.1, -0.05) is 29.3 Å². The summed E-state index contributed by atoms with van der Waals surface area (Å²) < 4.78 is 15.5. The number of aromatic nitrogens is 3. The fraction of sp³-hybridized carbons (Fsp3) is 0. The molecule has 8 heteroatoms. The lowest BCUT2D eigenvalue weighted by Gasteiger charge is -2.02. The molecule has 4 nitrogen and oxygen atoms in total. The van der Waals surface area contributed by atoms with Crippen LogP contribution in [0, 0.1) is 10.6 Å². The number of halogens is 3. The minimum absolute atomic E-state index is 0.180. The first-order valence-corrected chi connectivity index (χ1v) is 7.64. The van der Waals surface area contributed by atoms with E-state index in [9.17, 15) is 4.39 Å². The minimum Gasteiger partial charge on any atom is -0.250 e. The van der Waals surface area contributed by atoms with Gasteiger partial charge in [0.05, 0.1) is 11.2 Å². The molecular formula is C15H9Cl2FN4S. The van der Waals surface area contributed by atoms with E-state index in [4.69, 9.17) is 35.4 Å². The van der Waals surface area contributed by atoms with E-state index in [1.54, 1.807) is 30.3 Å². The molecule has 0 saturated heterocycles. The van der Waals surface area contributed by atoms with Crippen LogP contribution in [0.25, 0.3) is 11.4 Å². The Morgan fingerprint density at radius 1 is 1.17 bits per heavy atom. The van der Waals surface area contributed by atoms with Crippen LogP contribution in [0.3, 0.4) is 0 Å². The average molecular weight is 367 g/mol. The third-order valence-corrected chi connectivity index (χ3v) is 3.90. The molecular weight excluding hydrogens is 358 g/mol. The van der Waals surface area contributed by atoms with Gasteiger partial charge < -0.3 is 0 Å². The Kier molecular flexibility index (Phi) is 4.56. The molecule has 0 aliphatic carbocycles. The lowest BCUT2D eigenvalue weighted by molar-refractivity contribution is 0.625. The van der Waals surface area contributed by atoms with Crippen molar-refractivity contribution >= 4 is 41.6 Å². The highest BCUT2D eigenvalue weighted by atomic mass is 35.5. The molecule has 0 aliphatic heterocycles. The Bertz CT molecular complexity index is 911. The molecule has 0 bridgehead atoms. The van der Waals surface area contributed by atoms with Gasteiger partial charge in [-0.25, -0.2) is 9.49 Å². The standard InChI is InChI=1S/C15H9Cl2FN4S/c16-10-6-4-9(5-7-10)14-20-21-15(23)22(14)19-8-11-12(17)2-1-3-13(11)18/h1-8H,(H,21,23). The predicted molar refractivity (Wildman–Crippen MR) is 92.3 cm³/mol. The molecule has 1 heterocycles. The summed E-state index contributed by atoms with van der Waals surface area (Å²) in [5.41, 5.74) is 0.942. The van der Waals surface area contributed by atoms with Crippen molar-refractivity contribution in [3.05, 3.63) is 68.7 Å². The lowest BCUT2D eigenvalue weighted by Crippen LogP contribution is -1.97. The largest absolute Gasteiger partial charge is 0.250 e. The maximum atomic E-state index is 13.8. The first-order chi connectivity index (χ1) is 11.1. The van der Waals surface area contributed by atoms with Gasteiger partial charge in [-0.05, 0) is 48.6 Å². The van der Waals surface area contributed by atoms with E-state index in [2.05, 4.69) is 15.3 Å². The van der Waals surface area contributed by atoms with Crippen molar-refractivity contribution in [3.63, 3.8) is 0 Å². The maximum absolute atomic E-state index is 13.8. The molecule has 0 aliphatic rings. The summed E-state index contributed by atoms with van der Waals surface area (Å²) in [6.45, 7) is 0. The van der Waals surface area contributed by atoms with Crippen molar-refractivity contribution < 1.29 is 4.39 Å². The third kappa shape index (κ3) is 3.34. The van der Waals surface area contributed by atoms with E-state index in [1.165, 1.54) is 23.0 Å². The fourth-order valence-electron chi connectivity index (χ4n) is 1.93. The highest BCUT2D eigenvalue weighted by Gasteiger charge is 2.09. The van der Waals surface area contributed by atoms with Crippen molar-refractivity contribution in [2.75, 3.05) is 0 Å². The number of hydrogen-bond acceptors (Lipinski definition) is 3. The van der Waals surface area contributed by atoms with Gasteiger partial charge in [-0.3, -0.25) is 0 Å². The first kappa shape index (κ1) is 15.9. The Morgan fingerprint density at radius 2 is 1.91 bits per heavy atom. The number of aromatic amines is 1. The van der Waals surface area contributed by atoms with Gasteiger partial charge in [-0.15, -0.1) is 0 Å². The first-order valence-electron chi connectivity index (χ1n) is 6.48. The monoisotopic (exact) mass is 366 g/mol. The van der Waals surface area contributed by atoms with E-state index in [0.29, 0.717) is 10.8 Å². The molecule has 23 heavy (non-hydrogen) atoms. The molecule has 2 aromatic carbocycles. The number of hydrogen-bond donors (Lipinski definition) is 1. The molecule has 0 unspecified atom stereocenters. The van der Waals surface area contributed by atoms with Crippen LogP contribution < -0.4 is 0 Å². The van der Waals surface area contributed by atoms with E-state index < -0.39 is 5.82 Å². The van der Waals surface area contributed by atoms with Crippen molar-refractivity contribution in [1.82, 2.24) is 14.9 Å². The molecule has 116 valence electrons. The molecule has 0 radical (unpaired) electrons. The summed E-state index contributed by atoms with van der Waals surface area (Å²) in [7, 11) is 0. The molecule has 0 atom stereocenters. The van der Waals surface area contributed by atoms with E-state index in [1.807, 2.05) is 0 Å². The zero-order valence-corrected chi connectivity index (χ0v) is 13.8. The number of rotatable bonds is 3. The highest BCUT2D eigenvalue weighted by Crippen LogP contribution is 2.21. The number of nitrogens with zero attached hydrogens (tertiary/aromatic N) is 3. The summed E-state index contributed by atoms with van der Waals surface area (Å²) in [6, 6.07) is 11.5. The quantitative estimate of drug-likeness (QED) is 0.527. The number of benzene rings is 2.